The minimum absolute atomic E-state index is 0.0418. The Labute approximate surface area is 194 Å². The zero-order chi connectivity index (χ0) is 25.3. The molecule has 0 bridgehead atoms. The zero-order valence-corrected chi connectivity index (χ0v) is 20.4. The minimum Gasteiger partial charge on any atom is -0.461 e. The lowest BCUT2D eigenvalue weighted by atomic mass is 10.0. The third-order valence-electron chi connectivity index (χ3n) is 3.91. The highest BCUT2D eigenvalue weighted by Gasteiger charge is 2.41. The molecule has 1 N–H and O–H groups in total. The maximum atomic E-state index is 12.6. The number of esters is 2. The molecule has 13 heteroatoms. The van der Waals surface area contributed by atoms with Crippen molar-refractivity contribution >= 4 is 35.1 Å². The molecule has 1 heterocycles. The van der Waals surface area contributed by atoms with Gasteiger partial charge in [-0.05, 0) is 46.4 Å². The average Bonchev–Trinajstić information content (AvgIpc) is 3.00. The number of alkyl carbamates (subject to hydrolysis) is 1. The fraction of sp³-hybridized carbons (Fsp3) is 0.650. The highest BCUT2D eigenvalue weighted by Crippen LogP contribution is 2.31. The van der Waals surface area contributed by atoms with Crippen molar-refractivity contribution in [3.63, 3.8) is 0 Å². The summed E-state index contributed by atoms with van der Waals surface area (Å²) in [5, 5.41) is 1.51. The molecule has 186 valence electrons. The molecule has 1 aromatic heterocycles. The van der Waals surface area contributed by atoms with Gasteiger partial charge in [-0.2, -0.15) is 0 Å². The molecule has 1 rings (SSSR count). The van der Waals surface area contributed by atoms with Crippen LogP contribution in [0, 0.1) is 12.8 Å². The van der Waals surface area contributed by atoms with Gasteiger partial charge in [-0.1, -0.05) is 13.8 Å². The standard InChI is InChI=1S/C20H29NO11S/c1-10(2)15(22)28-9-29-17(24)21-14(16(23)30-11(3)4)20(6,7)33-19(26)27-8-13-12(5)31-18(25)32-13/h10-11,14H,8-9H2,1-7H3,(H,21,24)/t14-/m0/s1. The summed E-state index contributed by atoms with van der Waals surface area (Å²) in [6.45, 7) is 9.93. The van der Waals surface area contributed by atoms with Crippen LogP contribution in [0.5, 0.6) is 0 Å². The molecule has 1 atom stereocenters. The van der Waals surface area contributed by atoms with Crippen molar-refractivity contribution in [2.75, 3.05) is 6.79 Å². The Morgan fingerprint density at radius 2 is 1.64 bits per heavy atom. The van der Waals surface area contributed by atoms with E-state index >= 15 is 0 Å². The number of rotatable bonds is 10. The second-order valence-electron chi connectivity index (χ2n) is 7.91. The number of aryl methyl sites for hydroxylation is 1. The molecule has 0 aromatic carbocycles. The summed E-state index contributed by atoms with van der Waals surface area (Å²) in [7, 11) is 0. The van der Waals surface area contributed by atoms with Gasteiger partial charge >= 0.3 is 29.2 Å². The van der Waals surface area contributed by atoms with Crippen LogP contribution in [-0.2, 0) is 35.1 Å². The summed E-state index contributed by atoms with van der Waals surface area (Å²) in [6.07, 6.45) is -1.56. The Kier molecular flexibility index (Phi) is 10.5. The summed E-state index contributed by atoms with van der Waals surface area (Å²) in [4.78, 5) is 59.6. The number of carbonyl (C=O) groups excluding carboxylic acids is 4. The summed E-state index contributed by atoms with van der Waals surface area (Å²) >= 11 is 0.604. The Bertz CT molecular complexity index is 900. The Hall–Kier alpha value is -2.96. The van der Waals surface area contributed by atoms with Gasteiger partial charge < -0.3 is 33.1 Å². The van der Waals surface area contributed by atoms with Crippen molar-refractivity contribution in [1.29, 1.82) is 0 Å². The van der Waals surface area contributed by atoms with Crippen molar-refractivity contribution in [2.45, 2.75) is 72.0 Å². The van der Waals surface area contributed by atoms with Crippen molar-refractivity contribution < 1.29 is 47.0 Å². The van der Waals surface area contributed by atoms with Crippen LogP contribution in [0.25, 0.3) is 0 Å². The number of thioether (sulfide) groups is 1. The predicted molar refractivity (Wildman–Crippen MR) is 114 cm³/mol. The van der Waals surface area contributed by atoms with E-state index in [0.717, 1.165) is 0 Å². The number of ether oxygens (including phenoxy) is 4. The first-order chi connectivity index (χ1) is 15.2. The number of amides is 1. The molecule has 1 amide bonds. The van der Waals surface area contributed by atoms with Gasteiger partial charge in [0.15, 0.2) is 18.1 Å². The van der Waals surface area contributed by atoms with E-state index in [9.17, 15) is 24.0 Å². The molecule has 0 saturated carbocycles. The van der Waals surface area contributed by atoms with Gasteiger partial charge in [0, 0.05) is 0 Å². The normalized spacial score (nSPS) is 12.3. The van der Waals surface area contributed by atoms with Gasteiger partial charge in [0.05, 0.1) is 16.8 Å². The molecule has 33 heavy (non-hydrogen) atoms. The number of carbonyl (C=O) groups is 4. The molecule has 1 aromatic rings. The quantitative estimate of drug-likeness (QED) is 0.290. The average molecular weight is 492 g/mol. The van der Waals surface area contributed by atoms with Crippen molar-refractivity contribution in [1.82, 2.24) is 5.32 Å². The van der Waals surface area contributed by atoms with Crippen LogP contribution in [-0.4, -0.2) is 47.0 Å². The van der Waals surface area contributed by atoms with E-state index in [2.05, 4.69) is 9.73 Å². The highest BCUT2D eigenvalue weighted by molar-refractivity contribution is 8.14. The van der Waals surface area contributed by atoms with Gasteiger partial charge in [-0.15, -0.1) is 0 Å². The van der Waals surface area contributed by atoms with Crippen molar-refractivity contribution in [3.05, 3.63) is 22.1 Å². The lowest BCUT2D eigenvalue weighted by Gasteiger charge is -2.31. The second-order valence-corrected chi connectivity index (χ2v) is 9.50. The van der Waals surface area contributed by atoms with E-state index in [4.69, 9.17) is 23.4 Å². The van der Waals surface area contributed by atoms with Crippen LogP contribution in [0.2, 0.25) is 0 Å². The van der Waals surface area contributed by atoms with Crippen LogP contribution in [0.15, 0.2) is 13.6 Å². The van der Waals surface area contributed by atoms with Gasteiger partial charge in [-0.25, -0.2) is 19.2 Å². The molecule has 0 spiro atoms. The maximum absolute atomic E-state index is 12.6. The molecular formula is C20H29NO11S. The van der Waals surface area contributed by atoms with Crippen LogP contribution in [0.3, 0.4) is 0 Å². The Morgan fingerprint density at radius 1 is 1.00 bits per heavy atom. The smallest absolute Gasteiger partial charge is 0.461 e. The van der Waals surface area contributed by atoms with Crippen molar-refractivity contribution in [3.8, 4) is 0 Å². The molecule has 0 saturated heterocycles. The number of nitrogens with one attached hydrogen (secondary N) is 1. The molecule has 0 aliphatic heterocycles. The van der Waals surface area contributed by atoms with Gasteiger partial charge in [0.2, 0.25) is 6.79 Å². The third-order valence-corrected chi connectivity index (χ3v) is 4.96. The van der Waals surface area contributed by atoms with E-state index in [1.807, 2.05) is 0 Å². The fourth-order valence-electron chi connectivity index (χ4n) is 2.22. The molecular weight excluding hydrogens is 462 g/mol. The number of hydrogen-bond donors (Lipinski definition) is 1. The third kappa shape index (κ3) is 9.60. The lowest BCUT2D eigenvalue weighted by Crippen LogP contribution is -2.54. The Balaban J connectivity index is 2.80. The SMILES string of the molecule is Cc1oc(=O)oc1COC(=O)SC(C)(C)[C@@H](NC(=O)OCOC(=O)C(C)C)C(=O)OC(C)C. The molecule has 0 fully saturated rings. The summed E-state index contributed by atoms with van der Waals surface area (Å²) < 4.78 is 28.0. The first-order valence-corrected chi connectivity index (χ1v) is 10.8. The molecule has 0 aliphatic rings. The Morgan fingerprint density at radius 3 is 2.15 bits per heavy atom. The fourth-order valence-corrected chi connectivity index (χ4v) is 3.04. The maximum Gasteiger partial charge on any atom is 0.519 e. The molecule has 0 unspecified atom stereocenters. The molecule has 0 aliphatic carbocycles. The second kappa shape index (κ2) is 12.3. The van der Waals surface area contributed by atoms with E-state index < -0.39 is 58.8 Å². The van der Waals surface area contributed by atoms with Gasteiger partial charge in [-0.3, -0.25) is 4.79 Å². The van der Waals surface area contributed by atoms with E-state index in [-0.39, 0.29) is 18.1 Å². The largest absolute Gasteiger partial charge is 0.519 e. The van der Waals surface area contributed by atoms with Crippen LogP contribution < -0.4 is 11.1 Å². The summed E-state index contributed by atoms with van der Waals surface area (Å²) in [6, 6.07) is -1.33. The van der Waals surface area contributed by atoms with E-state index in [1.54, 1.807) is 27.7 Å². The highest BCUT2D eigenvalue weighted by atomic mass is 32.2. The van der Waals surface area contributed by atoms with E-state index in [1.165, 1.54) is 20.8 Å². The number of hydrogen-bond acceptors (Lipinski definition) is 12. The monoisotopic (exact) mass is 491 g/mol. The molecule has 12 nitrogen and oxygen atoms in total. The van der Waals surface area contributed by atoms with Gasteiger partial charge in [0.25, 0.3) is 0 Å². The predicted octanol–water partition coefficient (Wildman–Crippen LogP) is 2.89. The first kappa shape index (κ1) is 28.1. The topological polar surface area (TPSA) is 161 Å². The molecule has 0 radical (unpaired) electrons. The van der Waals surface area contributed by atoms with E-state index in [0.29, 0.717) is 11.8 Å². The van der Waals surface area contributed by atoms with Crippen LogP contribution in [0.4, 0.5) is 9.59 Å². The lowest BCUT2D eigenvalue weighted by molar-refractivity contribution is -0.156. The summed E-state index contributed by atoms with van der Waals surface area (Å²) in [5.74, 6) is -2.52. The van der Waals surface area contributed by atoms with Crippen LogP contribution in [0.1, 0.15) is 53.1 Å². The minimum atomic E-state index is -1.33. The van der Waals surface area contributed by atoms with Crippen LogP contribution >= 0.6 is 11.8 Å². The van der Waals surface area contributed by atoms with Gasteiger partial charge in [0.1, 0.15) is 6.04 Å². The summed E-state index contributed by atoms with van der Waals surface area (Å²) in [5.41, 5.74) is 0. The zero-order valence-electron chi connectivity index (χ0n) is 19.5. The first-order valence-electron chi connectivity index (χ1n) is 9.98. The van der Waals surface area contributed by atoms with Crippen molar-refractivity contribution in [2.24, 2.45) is 5.92 Å².